The molecule has 4 rings (SSSR count). The van der Waals surface area contributed by atoms with E-state index in [0.717, 1.165) is 64.0 Å². The lowest BCUT2D eigenvalue weighted by atomic mass is 10.00. The number of unbranched alkanes of at least 4 members (excludes halogenated alkanes) is 5. The Bertz CT molecular complexity index is 1200. The van der Waals surface area contributed by atoms with E-state index in [9.17, 15) is 4.39 Å². The first-order valence-corrected chi connectivity index (χ1v) is 12.6. The van der Waals surface area contributed by atoms with E-state index in [0.29, 0.717) is 0 Å². The number of rotatable bonds is 11. The van der Waals surface area contributed by atoms with Crippen molar-refractivity contribution in [3.8, 4) is 28.1 Å². The van der Waals surface area contributed by atoms with Gasteiger partial charge in [0, 0.05) is 10.9 Å². The number of halogens is 1. The SMILES string of the molecule is CCCCCCCCOc1ccc(-c2ccc(-c3cc(CC)c4cc(F)ccc4n3)cc2)cc1. The number of nitrogens with zero attached hydrogens (tertiary/aromatic N) is 1. The van der Waals surface area contributed by atoms with Gasteiger partial charge in [0.05, 0.1) is 17.8 Å². The van der Waals surface area contributed by atoms with Crippen LogP contribution in [0.4, 0.5) is 4.39 Å². The Morgan fingerprint density at radius 1 is 0.706 bits per heavy atom. The van der Waals surface area contributed by atoms with E-state index in [1.165, 1.54) is 38.2 Å². The molecule has 0 saturated carbocycles. The molecule has 4 aromatic rings. The number of ether oxygens (including phenoxy) is 1. The third-order valence-electron chi connectivity index (χ3n) is 6.37. The molecule has 34 heavy (non-hydrogen) atoms. The number of hydrogen-bond acceptors (Lipinski definition) is 2. The van der Waals surface area contributed by atoms with Crippen molar-refractivity contribution in [3.63, 3.8) is 0 Å². The van der Waals surface area contributed by atoms with Crippen LogP contribution in [-0.2, 0) is 6.42 Å². The average molecular weight is 456 g/mol. The largest absolute Gasteiger partial charge is 0.494 e. The molecule has 0 spiro atoms. The van der Waals surface area contributed by atoms with E-state index in [2.05, 4.69) is 68.4 Å². The molecule has 3 heteroatoms. The van der Waals surface area contributed by atoms with E-state index in [4.69, 9.17) is 9.72 Å². The fourth-order valence-corrected chi connectivity index (χ4v) is 4.36. The Labute approximate surface area is 202 Å². The highest BCUT2D eigenvalue weighted by molar-refractivity contribution is 5.85. The van der Waals surface area contributed by atoms with Gasteiger partial charge in [-0.05, 0) is 65.9 Å². The van der Waals surface area contributed by atoms with Crippen molar-refractivity contribution < 1.29 is 9.13 Å². The number of benzene rings is 3. The minimum atomic E-state index is -0.222. The second-order valence-corrected chi connectivity index (χ2v) is 8.90. The molecule has 176 valence electrons. The lowest BCUT2D eigenvalue weighted by Gasteiger charge is -2.10. The molecule has 0 aliphatic carbocycles. The van der Waals surface area contributed by atoms with Crippen LogP contribution < -0.4 is 4.74 Å². The van der Waals surface area contributed by atoms with Crippen molar-refractivity contribution in [1.82, 2.24) is 4.98 Å². The molecule has 1 aromatic heterocycles. The van der Waals surface area contributed by atoms with Crippen molar-refractivity contribution in [2.75, 3.05) is 6.61 Å². The smallest absolute Gasteiger partial charge is 0.123 e. The van der Waals surface area contributed by atoms with Crippen molar-refractivity contribution in [2.45, 2.75) is 58.8 Å². The van der Waals surface area contributed by atoms with Crippen LogP contribution in [-0.4, -0.2) is 11.6 Å². The van der Waals surface area contributed by atoms with Crippen LogP contribution >= 0.6 is 0 Å². The Morgan fingerprint density at radius 2 is 1.35 bits per heavy atom. The van der Waals surface area contributed by atoms with Gasteiger partial charge in [0.2, 0.25) is 0 Å². The third-order valence-corrected chi connectivity index (χ3v) is 6.37. The van der Waals surface area contributed by atoms with Crippen LogP contribution in [0.5, 0.6) is 5.75 Å². The molecule has 0 aliphatic rings. The molecule has 0 amide bonds. The quantitative estimate of drug-likeness (QED) is 0.210. The molecular formula is C31H34FNO. The highest BCUT2D eigenvalue weighted by Gasteiger charge is 2.08. The van der Waals surface area contributed by atoms with Gasteiger partial charge >= 0.3 is 0 Å². The van der Waals surface area contributed by atoms with Gasteiger partial charge in [-0.2, -0.15) is 0 Å². The molecule has 3 aromatic carbocycles. The van der Waals surface area contributed by atoms with Crippen LogP contribution in [0, 0.1) is 5.82 Å². The molecule has 0 aliphatic heterocycles. The van der Waals surface area contributed by atoms with E-state index >= 15 is 0 Å². The molecule has 0 bridgehead atoms. The molecule has 1 heterocycles. The van der Waals surface area contributed by atoms with Crippen LogP contribution in [0.1, 0.15) is 57.9 Å². The maximum absolute atomic E-state index is 13.7. The van der Waals surface area contributed by atoms with Gasteiger partial charge in [-0.15, -0.1) is 0 Å². The number of fused-ring (bicyclic) bond motifs is 1. The van der Waals surface area contributed by atoms with E-state index < -0.39 is 0 Å². The summed E-state index contributed by atoms with van der Waals surface area (Å²) in [6, 6.07) is 23.7. The number of hydrogen-bond donors (Lipinski definition) is 0. The standard InChI is InChI=1S/C31H34FNO/c1-3-5-6-7-8-9-20-34-28-17-14-25(15-18-28)24-10-12-26(13-11-24)31-21-23(4-2)29-22-27(32)16-19-30(29)33-31/h10-19,21-22H,3-9,20H2,1-2H3. The monoisotopic (exact) mass is 455 g/mol. The molecule has 0 saturated heterocycles. The average Bonchev–Trinajstić information content (AvgIpc) is 2.88. The van der Waals surface area contributed by atoms with Crippen molar-refractivity contribution in [2.24, 2.45) is 0 Å². The first-order valence-electron chi connectivity index (χ1n) is 12.6. The molecular weight excluding hydrogens is 421 g/mol. The van der Waals surface area contributed by atoms with Gasteiger partial charge < -0.3 is 4.74 Å². The Balaban J connectivity index is 1.40. The molecule has 0 atom stereocenters. The van der Waals surface area contributed by atoms with Gasteiger partial charge in [-0.3, -0.25) is 0 Å². The van der Waals surface area contributed by atoms with Gasteiger partial charge in [0.1, 0.15) is 11.6 Å². The maximum Gasteiger partial charge on any atom is 0.123 e. The zero-order valence-corrected chi connectivity index (χ0v) is 20.3. The summed E-state index contributed by atoms with van der Waals surface area (Å²) in [5.41, 5.74) is 6.24. The zero-order valence-electron chi connectivity index (χ0n) is 20.3. The minimum Gasteiger partial charge on any atom is -0.494 e. The second kappa shape index (κ2) is 11.8. The Hall–Kier alpha value is -3.20. The van der Waals surface area contributed by atoms with Gasteiger partial charge in [0.25, 0.3) is 0 Å². The Morgan fingerprint density at radius 3 is 2.06 bits per heavy atom. The Kier molecular flexibility index (Phi) is 8.30. The summed E-state index contributed by atoms with van der Waals surface area (Å²) in [4.78, 5) is 4.78. The van der Waals surface area contributed by atoms with Crippen molar-refractivity contribution in [3.05, 3.63) is 84.2 Å². The normalized spacial score (nSPS) is 11.1. The van der Waals surface area contributed by atoms with Crippen LogP contribution in [0.3, 0.4) is 0 Å². The lowest BCUT2D eigenvalue weighted by Crippen LogP contribution is -1.97. The summed E-state index contributed by atoms with van der Waals surface area (Å²) in [5.74, 6) is 0.706. The van der Waals surface area contributed by atoms with Crippen LogP contribution in [0.15, 0.2) is 72.8 Å². The van der Waals surface area contributed by atoms with Crippen LogP contribution in [0.25, 0.3) is 33.3 Å². The van der Waals surface area contributed by atoms with E-state index in [1.807, 2.05) is 0 Å². The summed E-state index contributed by atoms with van der Waals surface area (Å²) in [7, 11) is 0. The maximum atomic E-state index is 13.7. The predicted molar refractivity (Wildman–Crippen MR) is 141 cm³/mol. The highest BCUT2D eigenvalue weighted by Crippen LogP contribution is 2.29. The number of aromatic nitrogens is 1. The first-order chi connectivity index (χ1) is 16.7. The molecule has 0 radical (unpaired) electrons. The molecule has 0 N–H and O–H groups in total. The van der Waals surface area contributed by atoms with E-state index in [-0.39, 0.29) is 5.82 Å². The van der Waals surface area contributed by atoms with Gasteiger partial charge in [-0.1, -0.05) is 82.3 Å². The topological polar surface area (TPSA) is 22.1 Å². The fourth-order valence-electron chi connectivity index (χ4n) is 4.36. The second-order valence-electron chi connectivity index (χ2n) is 8.90. The van der Waals surface area contributed by atoms with Crippen molar-refractivity contribution in [1.29, 1.82) is 0 Å². The third kappa shape index (κ3) is 6.02. The lowest BCUT2D eigenvalue weighted by molar-refractivity contribution is 0.304. The van der Waals surface area contributed by atoms with Gasteiger partial charge in [-0.25, -0.2) is 9.37 Å². The van der Waals surface area contributed by atoms with Crippen molar-refractivity contribution >= 4 is 10.9 Å². The van der Waals surface area contributed by atoms with Gasteiger partial charge in [0.15, 0.2) is 0 Å². The molecule has 0 fully saturated rings. The molecule has 0 unspecified atom stereocenters. The number of pyridine rings is 1. The summed E-state index contributed by atoms with van der Waals surface area (Å²) in [6.45, 7) is 5.12. The summed E-state index contributed by atoms with van der Waals surface area (Å²) in [6.07, 6.45) is 8.45. The summed E-state index contributed by atoms with van der Waals surface area (Å²) in [5, 5.41) is 0.890. The summed E-state index contributed by atoms with van der Waals surface area (Å²) < 4.78 is 19.6. The minimum absolute atomic E-state index is 0.222. The van der Waals surface area contributed by atoms with E-state index in [1.54, 1.807) is 12.1 Å². The summed E-state index contributed by atoms with van der Waals surface area (Å²) >= 11 is 0. The first kappa shape index (κ1) is 23.9. The fraction of sp³-hybridized carbons (Fsp3) is 0.323. The zero-order chi connectivity index (χ0) is 23.8. The highest BCUT2D eigenvalue weighted by atomic mass is 19.1. The predicted octanol–water partition coefficient (Wildman–Crippen LogP) is 9.01. The van der Waals surface area contributed by atoms with Crippen LogP contribution in [0.2, 0.25) is 0 Å². The number of aryl methyl sites for hydroxylation is 1. The molecule has 2 nitrogen and oxygen atoms in total.